The van der Waals surface area contributed by atoms with Crippen molar-refractivity contribution in [1.29, 1.82) is 0 Å². The molecule has 0 aliphatic rings. The lowest BCUT2D eigenvalue weighted by molar-refractivity contribution is -0.121. The van der Waals surface area contributed by atoms with Crippen molar-refractivity contribution in [2.75, 3.05) is 5.32 Å². The quantitative estimate of drug-likeness (QED) is 0.460. The Hall–Kier alpha value is -3.32. The number of rotatable bonds is 9. The van der Waals surface area contributed by atoms with Crippen LogP contribution in [0.5, 0.6) is 11.6 Å². The molecular formula is C25H28ClN3O4. The summed E-state index contributed by atoms with van der Waals surface area (Å²) >= 11 is 5.99. The largest absolute Gasteiger partial charge is 0.493 e. The van der Waals surface area contributed by atoms with Gasteiger partial charge in [-0.15, -0.1) is 0 Å². The van der Waals surface area contributed by atoms with Crippen LogP contribution < -0.4 is 15.6 Å². The van der Waals surface area contributed by atoms with Gasteiger partial charge in [0.05, 0.1) is 18.2 Å². The number of hydrogen-bond donors (Lipinski definition) is 2. The third-order valence-electron chi connectivity index (χ3n) is 4.97. The lowest BCUT2D eigenvalue weighted by atomic mass is 10.0. The molecule has 3 aromatic rings. The van der Waals surface area contributed by atoms with Crippen LogP contribution in [0.3, 0.4) is 0 Å². The predicted octanol–water partition coefficient (Wildman–Crippen LogP) is 4.95. The fourth-order valence-electron chi connectivity index (χ4n) is 3.15. The molecule has 0 bridgehead atoms. The second kappa shape index (κ2) is 10.5. The highest BCUT2D eigenvalue weighted by Crippen LogP contribution is 2.23. The molecule has 0 aliphatic heterocycles. The van der Waals surface area contributed by atoms with E-state index >= 15 is 0 Å². The number of ketones is 1. The molecule has 33 heavy (non-hydrogen) atoms. The molecule has 0 amide bonds. The van der Waals surface area contributed by atoms with Crippen LogP contribution in [0.25, 0.3) is 0 Å². The number of anilines is 2. The molecule has 0 saturated carbocycles. The number of aromatic nitrogens is 2. The van der Waals surface area contributed by atoms with Crippen LogP contribution in [0.4, 0.5) is 11.6 Å². The molecule has 7 nitrogen and oxygen atoms in total. The van der Waals surface area contributed by atoms with E-state index in [-0.39, 0.29) is 42.3 Å². The van der Waals surface area contributed by atoms with Crippen LogP contribution in [0.1, 0.15) is 38.8 Å². The first-order valence-electron chi connectivity index (χ1n) is 10.8. The molecule has 174 valence electrons. The van der Waals surface area contributed by atoms with Crippen molar-refractivity contribution < 1.29 is 14.6 Å². The molecule has 0 aliphatic carbocycles. The van der Waals surface area contributed by atoms with E-state index in [1.807, 2.05) is 26.0 Å². The summed E-state index contributed by atoms with van der Waals surface area (Å²) in [4.78, 5) is 29.8. The van der Waals surface area contributed by atoms with Crippen molar-refractivity contribution >= 4 is 29.0 Å². The van der Waals surface area contributed by atoms with Crippen molar-refractivity contribution in [3.8, 4) is 11.6 Å². The van der Waals surface area contributed by atoms with Crippen molar-refractivity contribution in [2.24, 2.45) is 5.92 Å². The normalized spacial score (nSPS) is 11.1. The molecule has 1 aromatic heterocycles. The minimum Gasteiger partial charge on any atom is -0.493 e. The first kappa shape index (κ1) is 24.3. The van der Waals surface area contributed by atoms with E-state index in [4.69, 9.17) is 16.3 Å². The van der Waals surface area contributed by atoms with E-state index in [1.54, 1.807) is 50.2 Å². The molecule has 1 heterocycles. The Morgan fingerprint density at radius 2 is 1.73 bits per heavy atom. The van der Waals surface area contributed by atoms with Gasteiger partial charge >= 0.3 is 0 Å². The number of halogens is 1. The van der Waals surface area contributed by atoms with Crippen LogP contribution in [-0.2, 0) is 17.8 Å². The molecule has 2 N–H and O–H groups in total. The van der Waals surface area contributed by atoms with Crippen LogP contribution in [0.15, 0.2) is 53.3 Å². The molecule has 8 heteroatoms. The number of hydrogen-bond acceptors (Lipinski definition) is 6. The lowest BCUT2D eigenvalue weighted by Gasteiger charge is -2.17. The molecule has 0 fully saturated rings. The Morgan fingerprint density at radius 3 is 2.30 bits per heavy atom. The number of carbonyl (C=O) groups is 1. The summed E-state index contributed by atoms with van der Waals surface area (Å²) in [5, 5.41) is 14.2. The van der Waals surface area contributed by atoms with Crippen molar-refractivity contribution in [1.82, 2.24) is 9.55 Å². The predicted molar refractivity (Wildman–Crippen MR) is 130 cm³/mol. The van der Waals surface area contributed by atoms with Gasteiger partial charge in [-0.05, 0) is 55.8 Å². The number of Topliss-reactive ketones (excluding diaryl/α,β-unsaturated/α-hetero) is 1. The van der Waals surface area contributed by atoms with Gasteiger partial charge in [-0.1, -0.05) is 37.6 Å². The highest BCUT2D eigenvalue weighted by atomic mass is 35.5. The maximum atomic E-state index is 13.3. The zero-order valence-corrected chi connectivity index (χ0v) is 19.9. The molecule has 0 unspecified atom stereocenters. The second-order valence-corrected chi connectivity index (χ2v) is 8.81. The fourth-order valence-corrected chi connectivity index (χ4v) is 3.27. The summed E-state index contributed by atoms with van der Waals surface area (Å²) in [6, 6.07) is 14.3. The summed E-state index contributed by atoms with van der Waals surface area (Å²) in [5.74, 6) is 0.00313. The zero-order valence-electron chi connectivity index (χ0n) is 19.1. The first-order valence-corrected chi connectivity index (χ1v) is 11.2. The molecule has 0 spiro atoms. The van der Waals surface area contributed by atoms with Gasteiger partial charge in [0.25, 0.3) is 5.56 Å². The highest BCUT2D eigenvalue weighted by molar-refractivity contribution is 6.30. The number of nitrogens with zero attached hydrogens (tertiary/aromatic N) is 2. The fraction of sp³-hybridized carbons (Fsp3) is 0.320. The maximum absolute atomic E-state index is 13.3. The number of aromatic hydroxyl groups is 1. The van der Waals surface area contributed by atoms with Crippen molar-refractivity contribution in [2.45, 2.75) is 46.8 Å². The molecule has 0 saturated heterocycles. The zero-order chi connectivity index (χ0) is 24.1. The van der Waals surface area contributed by atoms with Crippen molar-refractivity contribution in [3.63, 3.8) is 0 Å². The Bertz CT molecular complexity index is 1170. The monoisotopic (exact) mass is 469 g/mol. The van der Waals surface area contributed by atoms with E-state index in [2.05, 4.69) is 10.3 Å². The summed E-state index contributed by atoms with van der Waals surface area (Å²) in [7, 11) is 0. The van der Waals surface area contributed by atoms with E-state index in [9.17, 15) is 14.7 Å². The van der Waals surface area contributed by atoms with Gasteiger partial charge in [-0.2, -0.15) is 4.98 Å². The SMILES string of the molecule is CC(C)Oc1ccc(Nc2nc(O)c(CC(=O)C(C)C)c(=O)n2Cc2ccc(Cl)cc2)cc1. The minimum absolute atomic E-state index is 0.0195. The van der Waals surface area contributed by atoms with Gasteiger partial charge in [0.1, 0.15) is 11.5 Å². The summed E-state index contributed by atoms with van der Waals surface area (Å²) in [5.41, 5.74) is 0.981. The number of benzene rings is 2. The molecular weight excluding hydrogens is 442 g/mol. The summed E-state index contributed by atoms with van der Waals surface area (Å²) in [6.45, 7) is 7.58. The van der Waals surface area contributed by atoms with Crippen molar-refractivity contribution in [3.05, 3.63) is 75.0 Å². The minimum atomic E-state index is -0.478. The van der Waals surface area contributed by atoms with Gasteiger partial charge in [0.15, 0.2) is 0 Å². The molecule has 2 aromatic carbocycles. The number of ether oxygens (including phenoxy) is 1. The van der Waals surface area contributed by atoms with Gasteiger partial charge in [0.2, 0.25) is 11.8 Å². The first-order chi connectivity index (χ1) is 15.6. The van der Waals surface area contributed by atoms with E-state index in [0.29, 0.717) is 16.5 Å². The smallest absolute Gasteiger partial charge is 0.262 e. The summed E-state index contributed by atoms with van der Waals surface area (Å²) < 4.78 is 7.07. The number of carbonyl (C=O) groups excluding carboxylic acids is 1. The Balaban J connectivity index is 2.01. The standard InChI is InChI=1S/C25H28ClN3O4/c1-15(2)22(30)13-21-23(31)28-25(27-19-9-11-20(12-10-19)33-16(3)4)29(24(21)32)14-17-5-7-18(26)8-6-17/h5-12,15-16,31H,13-14H2,1-4H3,(H,27,28). The maximum Gasteiger partial charge on any atom is 0.262 e. The second-order valence-electron chi connectivity index (χ2n) is 8.37. The van der Waals surface area contributed by atoms with Crippen LogP contribution in [0.2, 0.25) is 5.02 Å². The lowest BCUT2D eigenvalue weighted by Crippen LogP contribution is -2.29. The van der Waals surface area contributed by atoms with Gasteiger partial charge in [0, 0.05) is 23.0 Å². The highest BCUT2D eigenvalue weighted by Gasteiger charge is 2.20. The van der Waals surface area contributed by atoms with Gasteiger partial charge in [-0.25, -0.2) is 0 Å². The summed E-state index contributed by atoms with van der Waals surface area (Å²) in [6.07, 6.45) is -0.134. The molecule has 0 radical (unpaired) electrons. The Kier molecular flexibility index (Phi) is 7.76. The Labute approximate surface area is 198 Å². The van der Waals surface area contributed by atoms with Crippen LogP contribution in [-0.4, -0.2) is 26.5 Å². The van der Waals surface area contributed by atoms with Gasteiger partial charge in [-0.3, -0.25) is 14.2 Å². The number of nitrogens with one attached hydrogen (secondary N) is 1. The molecule has 0 atom stereocenters. The average molecular weight is 470 g/mol. The van der Waals surface area contributed by atoms with E-state index < -0.39 is 11.4 Å². The van der Waals surface area contributed by atoms with Gasteiger partial charge < -0.3 is 15.2 Å². The third kappa shape index (κ3) is 6.35. The topological polar surface area (TPSA) is 93.4 Å². The van der Waals surface area contributed by atoms with E-state index in [0.717, 1.165) is 5.56 Å². The van der Waals surface area contributed by atoms with Crippen LogP contribution >= 0.6 is 11.6 Å². The van der Waals surface area contributed by atoms with E-state index in [1.165, 1.54) is 4.57 Å². The van der Waals surface area contributed by atoms with Crippen LogP contribution in [0, 0.1) is 5.92 Å². The third-order valence-corrected chi connectivity index (χ3v) is 5.22. The average Bonchev–Trinajstić information content (AvgIpc) is 2.76. The molecule has 3 rings (SSSR count). The Morgan fingerprint density at radius 1 is 1.09 bits per heavy atom.